The lowest BCUT2D eigenvalue weighted by Crippen LogP contribution is -2.14. The molecule has 1 heterocycles. The zero-order valence-electron chi connectivity index (χ0n) is 12.8. The lowest BCUT2D eigenvalue weighted by Gasteiger charge is -2.05. The molecule has 2 aromatic carbocycles. The molecule has 3 rings (SSSR count). The Labute approximate surface area is 142 Å². The average Bonchev–Trinajstić information content (AvgIpc) is 2.94. The first-order valence-corrected chi connectivity index (χ1v) is 7.62. The van der Waals surface area contributed by atoms with Gasteiger partial charge in [-0.15, -0.1) is 5.10 Å². The van der Waals surface area contributed by atoms with Gasteiger partial charge in [0, 0.05) is 17.0 Å². The van der Waals surface area contributed by atoms with Crippen molar-refractivity contribution < 1.29 is 9.18 Å². The van der Waals surface area contributed by atoms with Gasteiger partial charge in [-0.2, -0.15) is 4.98 Å². The van der Waals surface area contributed by atoms with E-state index in [-0.39, 0.29) is 17.7 Å². The number of carbonyl (C=O) groups excluding carboxylic acids is 1. The third-order valence-electron chi connectivity index (χ3n) is 3.45. The maximum absolute atomic E-state index is 13.2. The van der Waals surface area contributed by atoms with Crippen LogP contribution < -0.4 is 5.32 Å². The number of nitrogens with one attached hydrogen (secondary N) is 2. The molecule has 0 aliphatic heterocycles. The fourth-order valence-corrected chi connectivity index (χ4v) is 2.55. The van der Waals surface area contributed by atoms with Crippen molar-refractivity contribution in [1.82, 2.24) is 15.2 Å². The number of hydrogen-bond acceptors (Lipinski definition) is 3. The van der Waals surface area contributed by atoms with Crippen LogP contribution in [0, 0.1) is 12.7 Å². The lowest BCUT2D eigenvalue weighted by atomic mass is 10.1. The second-order valence-corrected chi connectivity index (χ2v) is 5.76. The van der Waals surface area contributed by atoms with Gasteiger partial charge in [-0.25, -0.2) is 4.39 Å². The molecule has 3 aromatic rings. The maximum atomic E-state index is 13.2. The van der Waals surface area contributed by atoms with Crippen molar-refractivity contribution in [3.8, 4) is 0 Å². The molecule has 0 bridgehead atoms. The molecule has 0 saturated carbocycles. The summed E-state index contributed by atoms with van der Waals surface area (Å²) in [5.41, 5.74) is 2.02. The van der Waals surface area contributed by atoms with Crippen LogP contribution in [0.4, 0.5) is 10.3 Å². The Morgan fingerprint density at radius 2 is 2.12 bits per heavy atom. The van der Waals surface area contributed by atoms with Crippen molar-refractivity contribution in [2.75, 3.05) is 5.32 Å². The molecule has 0 atom stereocenters. The number of H-pyrrole nitrogens is 1. The Balaban J connectivity index is 1.70. The molecule has 1 amide bonds. The van der Waals surface area contributed by atoms with Crippen molar-refractivity contribution >= 4 is 23.5 Å². The van der Waals surface area contributed by atoms with Crippen LogP contribution in [0.5, 0.6) is 0 Å². The van der Waals surface area contributed by atoms with Crippen molar-refractivity contribution in [2.24, 2.45) is 0 Å². The summed E-state index contributed by atoms with van der Waals surface area (Å²) in [7, 11) is 0. The van der Waals surface area contributed by atoms with Gasteiger partial charge in [0.25, 0.3) is 5.91 Å². The zero-order valence-corrected chi connectivity index (χ0v) is 13.6. The fraction of sp³-hybridized carbons (Fsp3) is 0.118. The van der Waals surface area contributed by atoms with Crippen LogP contribution in [0.1, 0.15) is 27.3 Å². The number of benzene rings is 2. The number of hydrogen-bond donors (Lipinski definition) is 2. The minimum Gasteiger partial charge on any atom is -0.289 e. The van der Waals surface area contributed by atoms with Gasteiger partial charge in [-0.3, -0.25) is 15.2 Å². The van der Waals surface area contributed by atoms with E-state index in [1.807, 2.05) is 0 Å². The molecule has 0 aliphatic rings. The van der Waals surface area contributed by atoms with Gasteiger partial charge in [-0.1, -0.05) is 23.7 Å². The first-order chi connectivity index (χ1) is 11.5. The van der Waals surface area contributed by atoms with E-state index in [0.717, 1.165) is 11.1 Å². The highest BCUT2D eigenvalue weighted by Gasteiger charge is 2.12. The van der Waals surface area contributed by atoms with Crippen LogP contribution >= 0.6 is 11.6 Å². The third-order valence-corrected chi connectivity index (χ3v) is 3.69. The number of nitrogens with zero attached hydrogens (tertiary/aromatic N) is 2. The van der Waals surface area contributed by atoms with Gasteiger partial charge in [0.2, 0.25) is 5.95 Å². The molecule has 24 heavy (non-hydrogen) atoms. The molecule has 122 valence electrons. The third kappa shape index (κ3) is 3.78. The largest absolute Gasteiger partial charge is 0.289 e. The predicted octanol–water partition coefficient (Wildman–Crippen LogP) is 3.75. The average molecular weight is 345 g/mol. The van der Waals surface area contributed by atoms with Gasteiger partial charge < -0.3 is 0 Å². The van der Waals surface area contributed by atoms with E-state index in [1.165, 1.54) is 12.1 Å². The van der Waals surface area contributed by atoms with Gasteiger partial charge in [0.15, 0.2) is 0 Å². The van der Waals surface area contributed by atoms with Gasteiger partial charge in [0.1, 0.15) is 11.6 Å². The molecule has 0 fully saturated rings. The smallest absolute Gasteiger partial charge is 0.258 e. The van der Waals surface area contributed by atoms with Crippen molar-refractivity contribution in [1.29, 1.82) is 0 Å². The number of anilines is 1. The van der Waals surface area contributed by atoms with E-state index in [4.69, 9.17) is 11.6 Å². The summed E-state index contributed by atoms with van der Waals surface area (Å²) in [6.45, 7) is 1.80. The van der Waals surface area contributed by atoms with Crippen molar-refractivity contribution in [3.05, 3.63) is 75.8 Å². The summed E-state index contributed by atoms with van der Waals surface area (Å²) in [5, 5.41) is 9.89. The van der Waals surface area contributed by atoms with E-state index in [0.29, 0.717) is 22.8 Å². The Morgan fingerprint density at radius 3 is 2.88 bits per heavy atom. The summed E-state index contributed by atoms with van der Waals surface area (Å²) in [6, 6.07) is 11.2. The van der Waals surface area contributed by atoms with Crippen LogP contribution in [0.25, 0.3) is 0 Å². The van der Waals surface area contributed by atoms with Crippen LogP contribution in [-0.4, -0.2) is 21.1 Å². The summed E-state index contributed by atoms with van der Waals surface area (Å²) < 4.78 is 13.2. The summed E-state index contributed by atoms with van der Waals surface area (Å²) in [6.07, 6.45) is 0.389. The molecule has 2 N–H and O–H groups in total. The van der Waals surface area contributed by atoms with E-state index < -0.39 is 0 Å². The Kier molecular flexibility index (Phi) is 4.57. The maximum Gasteiger partial charge on any atom is 0.258 e. The summed E-state index contributed by atoms with van der Waals surface area (Å²) in [4.78, 5) is 16.5. The standard InChI is InChI=1S/C17H14ClFN4O/c1-10-7-12(18)5-6-14(10)16(24)21-17-20-15(22-23-17)9-11-3-2-4-13(19)8-11/h2-8H,9H2,1H3,(H2,20,21,22,23,24). The highest BCUT2D eigenvalue weighted by atomic mass is 35.5. The molecule has 1 aromatic heterocycles. The fourth-order valence-electron chi connectivity index (χ4n) is 2.32. The van der Waals surface area contributed by atoms with Crippen molar-refractivity contribution in [3.63, 3.8) is 0 Å². The van der Waals surface area contributed by atoms with Crippen LogP contribution in [0.2, 0.25) is 5.02 Å². The van der Waals surface area contributed by atoms with Gasteiger partial charge in [-0.05, 0) is 48.4 Å². The number of aromatic amines is 1. The van der Waals surface area contributed by atoms with Crippen LogP contribution in [0.15, 0.2) is 42.5 Å². The van der Waals surface area contributed by atoms with Crippen LogP contribution in [0.3, 0.4) is 0 Å². The summed E-state index contributed by atoms with van der Waals surface area (Å²) >= 11 is 5.89. The second-order valence-electron chi connectivity index (χ2n) is 5.33. The van der Waals surface area contributed by atoms with Crippen molar-refractivity contribution in [2.45, 2.75) is 13.3 Å². The molecule has 0 unspecified atom stereocenters. The monoisotopic (exact) mass is 344 g/mol. The Hall–Kier alpha value is -2.73. The number of halogens is 2. The summed E-state index contributed by atoms with van der Waals surface area (Å²) in [5.74, 6) is 0.0729. The van der Waals surface area contributed by atoms with E-state index in [9.17, 15) is 9.18 Å². The Morgan fingerprint density at radius 1 is 1.29 bits per heavy atom. The minimum absolute atomic E-state index is 0.167. The number of amides is 1. The highest BCUT2D eigenvalue weighted by molar-refractivity contribution is 6.30. The lowest BCUT2D eigenvalue weighted by molar-refractivity contribution is 0.102. The van der Waals surface area contributed by atoms with E-state index >= 15 is 0 Å². The Bertz CT molecular complexity index is 894. The first kappa shape index (κ1) is 16.1. The SMILES string of the molecule is Cc1cc(Cl)ccc1C(=O)Nc1n[nH]c(Cc2cccc(F)c2)n1. The van der Waals surface area contributed by atoms with Crippen LogP contribution in [-0.2, 0) is 6.42 Å². The normalized spacial score (nSPS) is 10.6. The number of rotatable bonds is 4. The topological polar surface area (TPSA) is 70.7 Å². The first-order valence-electron chi connectivity index (χ1n) is 7.24. The van der Waals surface area contributed by atoms with Gasteiger partial charge >= 0.3 is 0 Å². The molecule has 0 radical (unpaired) electrons. The van der Waals surface area contributed by atoms with E-state index in [2.05, 4.69) is 20.5 Å². The number of aromatic nitrogens is 3. The number of aryl methyl sites for hydroxylation is 1. The molecule has 5 nitrogen and oxygen atoms in total. The predicted molar refractivity (Wildman–Crippen MR) is 89.7 cm³/mol. The van der Waals surface area contributed by atoms with Gasteiger partial charge in [0.05, 0.1) is 0 Å². The number of carbonyl (C=O) groups is 1. The highest BCUT2D eigenvalue weighted by Crippen LogP contribution is 2.16. The molecular formula is C17H14ClFN4O. The molecule has 0 saturated heterocycles. The molecule has 0 spiro atoms. The van der Waals surface area contributed by atoms with E-state index in [1.54, 1.807) is 37.3 Å². The minimum atomic E-state index is -0.319. The molecule has 0 aliphatic carbocycles. The zero-order chi connectivity index (χ0) is 17.1. The second kappa shape index (κ2) is 6.80. The molecular weight excluding hydrogens is 331 g/mol. The quantitative estimate of drug-likeness (QED) is 0.757. The molecule has 7 heteroatoms.